The van der Waals surface area contributed by atoms with Gasteiger partial charge in [-0.1, -0.05) is 17.7 Å². The third kappa shape index (κ3) is 2.77. The molecule has 2 aromatic carbocycles. The van der Waals surface area contributed by atoms with Gasteiger partial charge in [0.1, 0.15) is 11.5 Å². The number of rotatable bonds is 3. The van der Waals surface area contributed by atoms with Crippen molar-refractivity contribution < 1.29 is 4.39 Å². The van der Waals surface area contributed by atoms with Crippen LogP contribution in [0.2, 0.25) is 0 Å². The van der Waals surface area contributed by atoms with E-state index in [4.69, 9.17) is 0 Å². The number of benzene rings is 2. The quantitative estimate of drug-likeness (QED) is 0.433. The average molecular weight is 368 g/mol. The number of fused-ring (bicyclic) bond motifs is 1. The maximum absolute atomic E-state index is 13.3. The smallest absolute Gasteiger partial charge is 0.137 e. The normalized spacial score (nSPS) is 11.2. The first-order valence-electron chi connectivity index (χ1n) is 9.03. The molecule has 0 aliphatic rings. The van der Waals surface area contributed by atoms with E-state index in [0.717, 1.165) is 33.8 Å². The summed E-state index contributed by atoms with van der Waals surface area (Å²) >= 11 is 0. The molecule has 0 fully saturated rings. The highest BCUT2D eigenvalue weighted by Crippen LogP contribution is 2.26. The van der Waals surface area contributed by atoms with Crippen LogP contribution in [0.15, 0.2) is 85.3 Å². The van der Waals surface area contributed by atoms with E-state index in [-0.39, 0.29) is 5.82 Å². The molecule has 5 heteroatoms. The molecule has 0 bridgehead atoms. The van der Waals surface area contributed by atoms with Crippen molar-refractivity contribution in [2.75, 3.05) is 0 Å². The van der Waals surface area contributed by atoms with Crippen LogP contribution in [0.3, 0.4) is 0 Å². The second-order valence-electron chi connectivity index (χ2n) is 6.76. The first-order valence-corrected chi connectivity index (χ1v) is 9.03. The Morgan fingerprint density at radius 2 is 1.54 bits per heavy atom. The zero-order chi connectivity index (χ0) is 19.1. The summed E-state index contributed by atoms with van der Waals surface area (Å²) in [5.41, 5.74) is 6.90. The summed E-state index contributed by atoms with van der Waals surface area (Å²) in [6, 6.07) is 20.7. The average Bonchev–Trinajstić information content (AvgIpc) is 3.36. The van der Waals surface area contributed by atoms with E-state index in [1.54, 1.807) is 18.3 Å². The fourth-order valence-electron chi connectivity index (χ4n) is 3.38. The first kappa shape index (κ1) is 16.4. The lowest BCUT2D eigenvalue weighted by molar-refractivity contribution is 0.628. The molecule has 0 N–H and O–H groups in total. The van der Waals surface area contributed by atoms with Crippen molar-refractivity contribution in [3.8, 4) is 28.2 Å². The van der Waals surface area contributed by atoms with Gasteiger partial charge in [0.2, 0.25) is 0 Å². The molecule has 0 atom stereocenters. The van der Waals surface area contributed by atoms with E-state index in [1.165, 1.54) is 17.7 Å². The minimum Gasteiger partial charge on any atom is -0.299 e. The predicted molar refractivity (Wildman–Crippen MR) is 108 cm³/mol. The zero-order valence-electron chi connectivity index (χ0n) is 15.2. The van der Waals surface area contributed by atoms with Gasteiger partial charge in [-0.3, -0.25) is 4.40 Å². The molecule has 136 valence electrons. The van der Waals surface area contributed by atoms with Crippen molar-refractivity contribution >= 4 is 5.65 Å². The van der Waals surface area contributed by atoms with Gasteiger partial charge in [-0.15, -0.1) is 0 Å². The summed E-state index contributed by atoms with van der Waals surface area (Å²) in [5, 5.41) is 4.50. The standard InChI is InChI=1S/C23H17FN4/c1-16-2-9-20(10-3-16)28-21(12-13-26-28)18-6-11-23-25-14-22(27(23)15-18)17-4-7-19(24)8-5-17/h2-15H,1H3. The molecule has 0 aliphatic carbocycles. The third-order valence-electron chi connectivity index (χ3n) is 4.86. The second kappa shape index (κ2) is 6.46. The Bertz CT molecular complexity index is 1260. The third-order valence-corrected chi connectivity index (χ3v) is 4.86. The van der Waals surface area contributed by atoms with Crippen molar-refractivity contribution in [3.63, 3.8) is 0 Å². The minimum absolute atomic E-state index is 0.250. The Labute approximate surface area is 161 Å². The van der Waals surface area contributed by atoms with Crippen LogP contribution in [0.25, 0.3) is 33.8 Å². The Morgan fingerprint density at radius 3 is 2.32 bits per heavy atom. The molecule has 0 saturated heterocycles. The number of hydrogen-bond donors (Lipinski definition) is 0. The number of imidazole rings is 1. The van der Waals surface area contributed by atoms with Crippen LogP contribution in [-0.4, -0.2) is 19.2 Å². The topological polar surface area (TPSA) is 35.1 Å². The Morgan fingerprint density at radius 1 is 0.786 bits per heavy atom. The van der Waals surface area contributed by atoms with Crippen LogP contribution in [0.5, 0.6) is 0 Å². The Balaban J connectivity index is 1.63. The monoisotopic (exact) mass is 368 g/mol. The van der Waals surface area contributed by atoms with Gasteiger partial charge in [-0.2, -0.15) is 5.10 Å². The van der Waals surface area contributed by atoms with E-state index >= 15 is 0 Å². The van der Waals surface area contributed by atoms with Gasteiger partial charge in [-0.25, -0.2) is 14.1 Å². The zero-order valence-corrected chi connectivity index (χ0v) is 15.2. The minimum atomic E-state index is -0.250. The Hall–Kier alpha value is -3.73. The SMILES string of the molecule is Cc1ccc(-n2nccc2-c2ccc3ncc(-c4ccc(F)cc4)n3c2)cc1. The highest BCUT2D eigenvalue weighted by molar-refractivity contribution is 5.68. The Kier molecular flexibility index (Phi) is 3.79. The number of halogens is 1. The molecule has 0 radical (unpaired) electrons. The van der Waals surface area contributed by atoms with Gasteiger partial charge >= 0.3 is 0 Å². The van der Waals surface area contributed by atoms with Gasteiger partial charge in [0.25, 0.3) is 0 Å². The first-order chi connectivity index (χ1) is 13.7. The van der Waals surface area contributed by atoms with Gasteiger partial charge in [0.15, 0.2) is 0 Å². The van der Waals surface area contributed by atoms with Crippen LogP contribution in [0, 0.1) is 12.7 Å². The molecule has 0 spiro atoms. The highest BCUT2D eigenvalue weighted by atomic mass is 19.1. The lowest BCUT2D eigenvalue weighted by Gasteiger charge is -2.09. The van der Waals surface area contributed by atoms with Crippen LogP contribution >= 0.6 is 0 Å². The van der Waals surface area contributed by atoms with Crippen molar-refractivity contribution in [2.45, 2.75) is 6.92 Å². The number of nitrogens with zero attached hydrogens (tertiary/aromatic N) is 4. The van der Waals surface area contributed by atoms with Crippen molar-refractivity contribution in [3.05, 3.63) is 96.7 Å². The maximum atomic E-state index is 13.3. The summed E-state index contributed by atoms with van der Waals surface area (Å²) in [7, 11) is 0. The molecule has 0 aliphatic heterocycles. The molecule has 4 nitrogen and oxygen atoms in total. The molecule has 0 unspecified atom stereocenters. The molecule has 5 aromatic rings. The van der Waals surface area contributed by atoms with Gasteiger partial charge in [-0.05, 0) is 61.5 Å². The summed E-state index contributed by atoms with van der Waals surface area (Å²) < 4.78 is 17.2. The van der Waals surface area contributed by atoms with Crippen LogP contribution < -0.4 is 0 Å². The van der Waals surface area contributed by atoms with Crippen LogP contribution in [0.4, 0.5) is 4.39 Å². The number of aromatic nitrogens is 4. The summed E-state index contributed by atoms with van der Waals surface area (Å²) in [4.78, 5) is 4.48. The van der Waals surface area contributed by atoms with Crippen LogP contribution in [0.1, 0.15) is 5.56 Å². The van der Waals surface area contributed by atoms with E-state index in [9.17, 15) is 4.39 Å². The van der Waals surface area contributed by atoms with Crippen molar-refractivity contribution in [1.29, 1.82) is 0 Å². The highest BCUT2D eigenvalue weighted by Gasteiger charge is 2.11. The molecule has 0 saturated carbocycles. The lowest BCUT2D eigenvalue weighted by atomic mass is 10.1. The van der Waals surface area contributed by atoms with E-state index in [0.29, 0.717) is 0 Å². The molecule has 5 rings (SSSR count). The van der Waals surface area contributed by atoms with Crippen LogP contribution in [-0.2, 0) is 0 Å². The largest absolute Gasteiger partial charge is 0.299 e. The lowest BCUT2D eigenvalue weighted by Crippen LogP contribution is -1.99. The molecular formula is C23H17FN4. The molecule has 3 aromatic heterocycles. The van der Waals surface area contributed by atoms with Gasteiger partial charge in [0.05, 0.1) is 29.5 Å². The van der Waals surface area contributed by atoms with Gasteiger partial charge in [0, 0.05) is 17.3 Å². The predicted octanol–water partition coefficient (Wildman–Crippen LogP) is 5.30. The van der Waals surface area contributed by atoms with E-state index in [2.05, 4.69) is 41.3 Å². The number of pyridine rings is 1. The number of aryl methyl sites for hydroxylation is 1. The molecule has 28 heavy (non-hydrogen) atoms. The maximum Gasteiger partial charge on any atom is 0.137 e. The van der Waals surface area contributed by atoms with Crippen molar-refractivity contribution in [2.24, 2.45) is 0 Å². The fraction of sp³-hybridized carbons (Fsp3) is 0.0435. The molecule has 0 amide bonds. The van der Waals surface area contributed by atoms with E-state index in [1.807, 2.05) is 39.7 Å². The number of hydrogen-bond acceptors (Lipinski definition) is 2. The summed E-state index contributed by atoms with van der Waals surface area (Å²) in [5.74, 6) is -0.250. The second-order valence-corrected chi connectivity index (χ2v) is 6.76. The van der Waals surface area contributed by atoms with Gasteiger partial charge < -0.3 is 0 Å². The summed E-state index contributed by atoms with van der Waals surface area (Å²) in [6.07, 6.45) is 5.65. The summed E-state index contributed by atoms with van der Waals surface area (Å²) in [6.45, 7) is 2.07. The fourth-order valence-corrected chi connectivity index (χ4v) is 3.38. The molecule has 3 heterocycles. The van der Waals surface area contributed by atoms with Crippen molar-refractivity contribution in [1.82, 2.24) is 19.2 Å². The molecular weight excluding hydrogens is 351 g/mol. The van der Waals surface area contributed by atoms with E-state index < -0.39 is 0 Å².